The van der Waals surface area contributed by atoms with Crippen LogP contribution in [0.2, 0.25) is 0 Å². The minimum Gasteiger partial charge on any atom is -0.497 e. The van der Waals surface area contributed by atoms with Gasteiger partial charge in [-0.3, -0.25) is 4.79 Å². The van der Waals surface area contributed by atoms with Gasteiger partial charge in [0.05, 0.1) is 35.6 Å². The van der Waals surface area contributed by atoms with Crippen molar-refractivity contribution >= 4 is 37.5 Å². The smallest absolute Gasteiger partial charge is 0.257 e. The molecule has 2 heterocycles. The number of aromatic nitrogens is 2. The third-order valence-corrected chi connectivity index (χ3v) is 6.59. The molecule has 0 aliphatic carbocycles. The summed E-state index contributed by atoms with van der Waals surface area (Å²) in [5.74, 6) is 0.411. The number of anilines is 1. The first-order valence-electron chi connectivity index (χ1n) is 8.39. The molecule has 1 aromatic heterocycles. The molecule has 0 radical (unpaired) electrons. The Labute approximate surface area is 170 Å². The summed E-state index contributed by atoms with van der Waals surface area (Å²) in [7, 11) is -1.68. The van der Waals surface area contributed by atoms with Crippen LogP contribution >= 0.6 is 15.9 Å². The zero-order valence-electron chi connectivity index (χ0n) is 14.8. The predicted molar refractivity (Wildman–Crippen MR) is 109 cm³/mol. The van der Waals surface area contributed by atoms with Gasteiger partial charge in [-0.25, -0.2) is 13.1 Å². The largest absolute Gasteiger partial charge is 0.497 e. The highest BCUT2D eigenvalue weighted by Gasteiger charge is 2.33. The number of rotatable bonds is 4. The molecule has 1 aliphatic rings. The third kappa shape index (κ3) is 3.43. The molecular formula is C19H16BrN3O4S. The van der Waals surface area contributed by atoms with Gasteiger partial charge in [-0.2, -0.15) is 5.10 Å². The van der Waals surface area contributed by atoms with Gasteiger partial charge in [-0.05, 0) is 52.3 Å². The van der Waals surface area contributed by atoms with E-state index in [-0.39, 0.29) is 17.4 Å². The van der Waals surface area contributed by atoms with Crippen molar-refractivity contribution in [2.75, 3.05) is 12.4 Å². The van der Waals surface area contributed by atoms with Gasteiger partial charge in [-0.1, -0.05) is 12.1 Å². The molecule has 0 spiro atoms. The standard InChI is InChI=1S/C19H16BrN3O4S/c1-27-13-8-6-12(7-9-13)23-18(15-10-28(25,26)11-17(15)22-23)21-19(24)14-4-2-3-5-16(14)20/h2-9H,10-11H2,1H3,(H,21,24). The molecule has 9 heteroatoms. The fourth-order valence-corrected chi connectivity index (χ4v) is 5.06. The number of fused-ring (bicyclic) bond motifs is 1. The lowest BCUT2D eigenvalue weighted by atomic mass is 10.2. The highest BCUT2D eigenvalue weighted by Crippen LogP contribution is 2.33. The second-order valence-corrected chi connectivity index (χ2v) is 9.27. The van der Waals surface area contributed by atoms with Gasteiger partial charge >= 0.3 is 0 Å². The summed E-state index contributed by atoms with van der Waals surface area (Å²) in [5.41, 5.74) is 2.11. The summed E-state index contributed by atoms with van der Waals surface area (Å²) in [6.45, 7) is 0. The molecule has 0 atom stereocenters. The Balaban J connectivity index is 1.78. The van der Waals surface area contributed by atoms with E-state index in [1.54, 1.807) is 54.3 Å². The monoisotopic (exact) mass is 461 g/mol. The molecule has 28 heavy (non-hydrogen) atoms. The van der Waals surface area contributed by atoms with E-state index in [0.29, 0.717) is 38.5 Å². The predicted octanol–water partition coefficient (Wildman–Crippen LogP) is 3.32. The fraction of sp³-hybridized carbons (Fsp3) is 0.158. The maximum Gasteiger partial charge on any atom is 0.257 e. The van der Waals surface area contributed by atoms with Crippen molar-refractivity contribution in [2.45, 2.75) is 11.5 Å². The molecular weight excluding hydrogens is 446 g/mol. The summed E-state index contributed by atoms with van der Waals surface area (Å²) in [5, 5.41) is 7.30. The van der Waals surface area contributed by atoms with Gasteiger partial charge < -0.3 is 10.1 Å². The number of amides is 1. The topological polar surface area (TPSA) is 90.3 Å². The lowest BCUT2D eigenvalue weighted by Crippen LogP contribution is -2.17. The zero-order valence-corrected chi connectivity index (χ0v) is 17.2. The van der Waals surface area contributed by atoms with Crippen molar-refractivity contribution in [3.63, 3.8) is 0 Å². The Bertz CT molecular complexity index is 1170. The van der Waals surface area contributed by atoms with Crippen molar-refractivity contribution in [2.24, 2.45) is 0 Å². The fourth-order valence-electron chi connectivity index (χ4n) is 3.10. The molecule has 144 valence electrons. The number of ether oxygens (including phenoxy) is 1. The number of hydrogen-bond acceptors (Lipinski definition) is 5. The SMILES string of the molecule is COc1ccc(-n2nc3c(c2NC(=O)c2ccccc2Br)CS(=O)(=O)C3)cc1. The number of nitrogens with zero attached hydrogens (tertiary/aromatic N) is 2. The van der Waals surface area contributed by atoms with Gasteiger partial charge in [0.25, 0.3) is 5.91 Å². The van der Waals surface area contributed by atoms with Crippen molar-refractivity contribution in [1.29, 1.82) is 0 Å². The molecule has 4 rings (SSSR count). The van der Waals surface area contributed by atoms with Gasteiger partial charge in [0.1, 0.15) is 11.6 Å². The van der Waals surface area contributed by atoms with E-state index in [2.05, 4.69) is 26.3 Å². The van der Waals surface area contributed by atoms with Gasteiger partial charge in [0.15, 0.2) is 9.84 Å². The number of hydrogen-bond donors (Lipinski definition) is 1. The third-order valence-electron chi connectivity index (χ3n) is 4.45. The van der Waals surface area contributed by atoms with Crippen LogP contribution in [0.4, 0.5) is 5.82 Å². The number of methoxy groups -OCH3 is 1. The number of carbonyl (C=O) groups excluding carboxylic acids is 1. The van der Waals surface area contributed by atoms with E-state index in [1.165, 1.54) is 0 Å². The van der Waals surface area contributed by atoms with Crippen LogP contribution in [0, 0.1) is 0 Å². The minimum absolute atomic E-state index is 0.136. The molecule has 0 saturated heterocycles. The van der Waals surface area contributed by atoms with Crippen LogP contribution in [-0.2, 0) is 21.3 Å². The summed E-state index contributed by atoms with van der Waals surface area (Å²) < 4.78 is 31.5. The van der Waals surface area contributed by atoms with E-state index in [9.17, 15) is 13.2 Å². The van der Waals surface area contributed by atoms with E-state index in [0.717, 1.165) is 0 Å². The molecule has 7 nitrogen and oxygen atoms in total. The molecule has 1 N–H and O–H groups in total. The highest BCUT2D eigenvalue weighted by atomic mass is 79.9. The van der Waals surface area contributed by atoms with Crippen LogP contribution in [0.15, 0.2) is 53.0 Å². The zero-order chi connectivity index (χ0) is 19.9. The maximum atomic E-state index is 12.8. The van der Waals surface area contributed by atoms with Crippen molar-refractivity contribution in [3.05, 3.63) is 69.8 Å². The molecule has 0 bridgehead atoms. The molecule has 2 aromatic carbocycles. The first-order chi connectivity index (χ1) is 13.4. The Hall–Kier alpha value is -2.65. The van der Waals surface area contributed by atoms with Crippen molar-refractivity contribution in [1.82, 2.24) is 9.78 Å². The summed E-state index contributed by atoms with van der Waals surface area (Å²) in [6, 6.07) is 14.2. The lowest BCUT2D eigenvalue weighted by Gasteiger charge is -2.12. The second kappa shape index (κ2) is 7.06. The molecule has 1 amide bonds. The van der Waals surface area contributed by atoms with E-state index >= 15 is 0 Å². The van der Waals surface area contributed by atoms with E-state index < -0.39 is 9.84 Å². The lowest BCUT2D eigenvalue weighted by molar-refractivity contribution is 0.102. The van der Waals surface area contributed by atoms with Crippen LogP contribution in [0.3, 0.4) is 0 Å². The van der Waals surface area contributed by atoms with Crippen LogP contribution < -0.4 is 10.1 Å². The summed E-state index contributed by atoms with van der Waals surface area (Å²) in [4.78, 5) is 12.8. The quantitative estimate of drug-likeness (QED) is 0.643. The van der Waals surface area contributed by atoms with Gasteiger partial charge in [0.2, 0.25) is 0 Å². The molecule has 0 fully saturated rings. The maximum absolute atomic E-state index is 12.8. The van der Waals surface area contributed by atoms with Crippen molar-refractivity contribution in [3.8, 4) is 11.4 Å². The van der Waals surface area contributed by atoms with Crippen LogP contribution in [-0.4, -0.2) is 31.2 Å². The number of halogens is 1. The Morgan fingerprint density at radius 2 is 1.86 bits per heavy atom. The van der Waals surface area contributed by atoms with Crippen LogP contribution in [0.5, 0.6) is 5.75 Å². The average Bonchev–Trinajstić information content (AvgIpc) is 3.14. The van der Waals surface area contributed by atoms with Crippen LogP contribution in [0.1, 0.15) is 21.6 Å². The summed E-state index contributed by atoms with van der Waals surface area (Å²) >= 11 is 3.37. The molecule has 1 aliphatic heterocycles. The number of sulfone groups is 1. The molecule has 0 unspecified atom stereocenters. The van der Waals surface area contributed by atoms with Gasteiger partial charge in [0, 0.05) is 10.0 Å². The van der Waals surface area contributed by atoms with E-state index in [4.69, 9.17) is 4.74 Å². The average molecular weight is 462 g/mol. The Morgan fingerprint density at radius 1 is 1.14 bits per heavy atom. The second-order valence-electron chi connectivity index (χ2n) is 6.35. The molecule has 3 aromatic rings. The first-order valence-corrected chi connectivity index (χ1v) is 11.0. The first kappa shape index (κ1) is 18.7. The highest BCUT2D eigenvalue weighted by molar-refractivity contribution is 9.10. The number of nitrogens with one attached hydrogen (secondary N) is 1. The minimum atomic E-state index is -3.26. The number of benzene rings is 2. The summed E-state index contributed by atoms with van der Waals surface area (Å²) in [6.07, 6.45) is 0. The Kier molecular flexibility index (Phi) is 4.72. The van der Waals surface area contributed by atoms with E-state index in [1.807, 2.05) is 6.07 Å². The number of carbonyl (C=O) groups is 1. The van der Waals surface area contributed by atoms with Crippen molar-refractivity contribution < 1.29 is 17.9 Å². The van der Waals surface area contributed by atoms with Crippen LogP contribution in [0.25, 0.3) is 5.69 Å². The normalized spacial score (nSPS) is 14.5. The molecule has 0 saturated carbocycles. The Morgan fingerprint density at radius 3 is 2.54 bits per heavy atom. The van der Waals surface area contributed by atoms with Gasteiger partial charge in [-0.15, -0.1) is 0 Å².